The van der Waals surface area contributed by atoms with E-state index in [0.29, 0.717) is 31.4 Å². The minimum atomic E-state index is -0.560. The van der Waals surface area contributed by atoms with Gasteiger partial charge in [-0.1, -0.05) is 13.3 Å². The summed E-state index contributed by atoms with van der Waals surface area (Å²) in [5.41, 5.74) is 0. The standard InChI is InChI=1S/C15H26N4O2/c1-4-12(20)14-16-17-15(19(14)8-9-21-3)18(2)13-10-6-5-7-11(10)13/h10-13,20H,4-9H2,1-3H3/t10?,11?,12-,13?/m0/s1. The topological polar surface area (TPSA) is 63.4 Å². The SMILES string of the molecule is CC[C@H](O)c1nnc(N(C)C2C3CCCC32)n1CCOC. The fourth-order valence-corrected chi connectivity index (χ4v) is 3.89. The number of aliphatic hydroxyl groups is 1. The summed E-state index contributed by atoms with van der Waals surface area (Å²) >= 11 is 0. The summed E-state index contributed by atoms with van der Waals surface area (Å²) in [6.07, 6.45) is 4.14. The van der Waals surface area contributed by atoms with E-state index in [4.69, 9.17) is 4.74 Å². The molecule has 2 aliphatic rings. The zero-order chi connectivity index (χ0) is 15.0. The molecule has 0 amide bonds. The number of aromatic nitrogens is 3. The largest absolute Gasteiger partial charge is 0.385 e. The Hall–Kier alpha value is -1.14. The van der Waals surface area contributed by atoms with Gasteiger partial charge in [0.25, 0.3) is 0 Å². The maximum atomic E-state index is 10.1. The van der Waals surface area contributed by atoms with Gasteiger partial charge in [-0.25, -0.2) is 0 Å². The summed E-state index contributed by atoms with van der Waals surface area (Å²) in [5.74, 6) is 3.19. The van der Waals surface area contributed by atoms with Crippen LogP contribution in [0, 0.1) is 11.8 Å². The lowest BCUT2D eigenvalue weighted by Crippen LogP contribution is -2.28. The van der Waals surface area contributed by atoms with E-state index in [1.54, 1.807) is 7.11 Å². The van der Waals surface area contributed by atoms with E-state index in [2.05, 4.69) is 22.1 Å². The van der Waals surface area contributed by atoms with Gasteiger partial charge in [0, 0.05) is 20.2 Å². The third kappa shape index (κ3) is 2.55. The van der Waals surface area contributed by atoms with Gasteiger partial charge in [-0.15, -0.1) is 10.2 Å². The molecular formula is C15H26N4O2. The van der Waals surface area contributed by atoms with Gasteiger partial charge in [0.2, 0.25) is 5.95 Å². The average molecular weight is 294 g/mol. The molecule has 0 radical (unpaired) electrons. The average Bonchev–Trinajstić information content (AvgIpc) is 2.87. The maximum Gasteiger partial charge on any atom is 0.227 e. The number of hydrogen-bond donors (Lipinski definition) is 1. The van der Waals surface area contributed by atoms with Gasteiger partial charge in [-0.2, -0.15) is 0 Å². The van der Waals surface area contributed by atoms with Crippen molar-refractivity contribution in [2.45, 2.75) is 51.3 Å². The van der Waals surface area contributed by atoms with E-state index in [1.165, 1.54) is 19.3 Å². The second kappa shape index (κ2) is 5.93. The third-order valence-corrected chi connectivity index (χ3v) is 5.09. The molecule has 2 fully saturated rings. The van der Waals surface area contributed by atoms with Gasteiger partial charge in [0.05, 0.1) is 13.2 Å². The maximum absolute atomic E-state index is 10.1. The van der Waals surface area contributed by atoms with Crippen LogP contribution in [-0.4, -0.2) is 46.7 Å². The van der Waals surface area contributed by atoms with Crippen LogP contribution in [0.5, 0.6) is 0 Å². The summed E-state index contributed by atoms with van der Waals surface area (Å²) in [5, 5.41) is 18.7. The molecule has 118 valence electrons. The van der Waals surface area contributed by atoms with Crippen LogP contribution in [0.1, 0.15) is 44.5 Å². The van der Waals surface area contributed by atoms with E-state index in [1.807, 2.05) is 11.5 Å². The van der Waals surface area contributed by atoms with Crippen molar-refractivity contribution in [2.24, 2.45) is 11.8 Å². The second-order valence-electron chi connectivity index (χ2n) is 6.29. The minimum absolute atomic E-state index is 0.560. The van der Waals surface area contributed by atoms with Gasteiger partial charge in [-0.3, -0.25) is 4.57 Å². The van der Waals surface area contributed by atoms with Crippen molar-refractivity contribution < 1.29 is 9.84 Å². The van der Waals surface area contributed by atoms with Crippen LogP contribution in [0.25, 0.3) is 0 Å². The van der Waals surface area contributed by atoms with Crippen LogP contribution in [0.4, 0.5) is 5.95 Å². The van der Waals surface area contributed by atoms with Crippen molar-refractivity contribution in [3.05, 3.63) is 5.82 Å². The molecule has 1 heterocycles. The first kappa shape index (κ1) is 14.8. The normalized spacial score (nSPS) is 28.5. The van der Waals surface area contributed by atoms with Crippen LogP contribution >= 0.6 is 0 Å². The van der Waals surface area contributed by atoms with E-state index in [-0.39, 0.29) is 0 Å². The van der Waals surface area contributed by atoms with Crippen molar-refractivity contribution in [2.75, 3.05) is 25.7 Å². The van der Waals surface area contributed by atoms with Crippen molar-refractivity contribution >= 4 is 5.95 Å². The monoisotopic (exact) mass is 294 g/mol. The first-order valence-corrected chi connectivity index (χ1v) is 8.02. The molecule has 0 spiro atoms. The van der Waals surface area contributed by atoms with Gasteiger partial charge < -0.3 is 14.7 Å². The molecule has 2 unspecified atom stereocenters. The lowest BCUT2D eigenvalue weighted by Gasteiger charge is -2.22. The van der Waals surface area contributed by atoms with Crippen LogP contribution in [0.15, 0.2) is 0 Å². The highest BCUT2D eigenvalue weighted by atomic mass is 16.5. The smallest absolute Gasteiger partial charge is 0.227 e. The summed E-state index contributed by atoms with van der Waals surface area (Å²) in [6, 6.07) is 0.607. The highest BCUT2D eigenvalue weighted by Gasteiger charge is 2.55. The Bertz CT molecular complexity index is 480. The first-order chi connectivity index (χ1) is 10.2. The van der Waals surface area contributed by atoms with Crippen LogP contribution < -0.4 is 4.90 Å². The number of hydrogen-bond acceptors (Lipinski definition) is 5. The number of anilines is 1. The second-order valence-corrected chi connectivity index (χ2v) is 6.29. The Morgan fingerprint density at radius 1 is 1.38 bits per heavy atom. The molecule has 3 rings (SSSR count). The number of nitrogens with zero attached hydrogens (tertiary/aromatic N) is 4. The van der Waals surface area contributed by atoms with Crippen molar-refractivity contribution in [3.63, 3.8) is 0 Å². The van der Waals surface area contributed by atoms with E-state index in [9.17, 15) is 5.11 Å². The zero-order valence-electron chi connectivity index (χ0n) is 13.2. The fraction of sp³-hybridized carbons (Fsp3) is 0.867. The molecule has 0 aromatic carbocycles. The van der Waals surface area contributed by atoms with Crippen molar-refractivity contribution in [1.82, 2.24) is 14.8 Å². The minimum Gasteiger partial charge on any atom is -0.385 e. The predicted molar refractivity (Wildman–Crippen MR) is 80.2 cm³/mol. The molecule has 0 saturated heterocycles. The molecule has 1 aromatic rings. The lowest BCUT2D eigenvalue weighted by molar-refractivity contribution is 0.149. The molecule has 3 atom stereocenters. The summed E-state index contributed by atoms with van der Waals surface area (Å²) in [7, 11) is 3.80. The van der Waals surface area contributed by atoms with Crippen LogP contribution in [0.3, 0.4) is 0 Å². The highest BCUT2D eigenvalue weighted by molar-refractivity contribution is 5.37. The molecule has 2 saturated carbocycles. The number of methoxy groups -OCH3 is 1. The number of ether oxygens (including phenoxy) is 1. The van der Waals surface area contributed by atoms with Crippen LogP contribution in [0.2, 0.25) is 0 Å². The zero-order valence-corrected chi connectivity index (χ0v) is 13.2. The Morgan fingerprint density at radius 3 is 2.71 bits per heavy atom. The molecule has 1 aromatic heterocycles. The molecule has 6 heteroatoms. The Kier molecular flexibility index (Phi) is 4.17. The van der Waals surface area contributed by atoms with E-state index >= 15 is 0 Å². The Balaban J connectivity index is 1.81. The van der Waals surface area contributed by atoms with Crippen molar-refractivity contribution in [1.29, 1.82) is 0 Å². The lowest BCUT2D eigenvalue weighted by atomic mass is 10.2. The third-order valence-electron chi connectivity index (χ3n) is 5.09. The number of fused-ring (bicyclic) bond motifs is 1. The van der Waals surface area contributed by atoms with E-state index < -0.39 is 6.10 Å². The molecule has 2 aliphatic carbocycles. The molecule has 0 aliphatic heterocycles. The number of aliphatic hydroxyl groups excluding tert-OH is 1. The molecule has 1 N–H and O–H groups in total. The van der Waals surface area contributed by atoms with Crippen molar-refractivity contribution in [3.8, 4) is 0 Å². The number of rotatable bonds is 7. The van der Waals surface area contributed by atoms with Gasteiger partial charge in [0.15, 0.2) is 5.82 Å². The summed E-state index contributed by atoms with van der Waals surface area (Å²) in [6.45, 7) is 3.23. The van der Waals surface area contributed by atoms with Crippen LogP contribution in [-0.2, 0) is 11.3 Å². The van der Waals surface area contributed by atoms with E-state index in [0.717, 1.165) is 17.8 Å². The first-order valence-electron chi connectivity index (χ1n) is 8.02. The molecule has 6 nitrogen and oxygen atoms in total. The predicted octanol–water partition coefficient (Wildman–Crippen LogP) is 1.60. The molecule has 21 heavy (non-hydrogen) atoms. The Labute approximate surface area is 126 Å². The van der Waals surface area contributed by atoms with Gasteiger partial charge in [-0.05, 0) is 31.1 Å². The quantitative estimate of drug-likeness (QED) is 0.827. The van der Waals surface area contributed by atoms with Gasteiger partial charge >= 0.3 is 0 Å². The summed E-state index contributed by atoms with van der Waals surface area (Å²) < 4.78 is 7.21. The molecular weight excluding hydrogens is 268 g/mol. The van der Waals surface area contributed by atoms with Gasteiger partial charge in [0.1, 0.15) is 6.10 Å². The summed E-state index contributed by atoms with van der Waals surface area (Å²) in [4.78, 5) is 2.27. The fourth-order valence-electron chi connectivity index (χ4n) is 3.89. The Morgan fingerprint density at radius 2 is 2.10 bits per heavy atom. The molecule has 0 bridgehead atoms. The highest BCUT2D eigenvalue weighted by Crippen LogP contribution is 2.55.